The van der Waals surface area contributed by atoms with Gasteiger partial charge in [-0.15, -0.1) is 0 Å². The van der Waals surface area contributed by atoms with Crippen LogP contribution in [-0.2, 0) is 24.1 Å². The molecule has 0 aromatic heterocycles. The third-order valence-electron chi connectivity index (χ3n) is 4.90. The van der Waals surface area contributed by atoms with E-state index in [1.807, 2.05) is 62.4 Å². The quantitative estimate of drug-likeness (QED) is 0.237. The first kappa shape index (κ1) is 32.6. The van der Waals surface area contributed by atoms with Crippen molar-refractivity contribution < 1.29 is 45.6 Å². The Balaban J connectivity index is 0.000000219. The van der Waals surface area contributed by atoms with Crippen molar-refractivity contribution in [2.24, 2.45) is 5.73 Å². The number of nitrogens with one attached hydrogen (secondary N) is 1. The highest BCUT2D eigenvalue weighted by molar-refractivity contribution is 7.80. The van der Waals surface area contributed by atoms with Gasteiger partial charge in [0.25, 0.3) is 0 Å². The summed E-state index contributed by atoms with van der Waals surface area (Å²) in [6, 6.07) is 15.4. The van der Waals surface area contributed by atoms with E-state index in [0.29, 0.717) is 26.4 Å². The Hall–Kier alpha value is -2.65. The van der Waals surface area contributed by atoms with Gasteiger partial charge >= 0.3 is 10.4 Å². The van der Waals surface area contributed by atoms with E-state index in [2.05, 4.69) is 9.50 Å². The SMILES string of the molecule is CCOc1ccccc1OCC1CNCCO1.CCOc1ccccc1OCC1CO1.NCCOS(=O)(=O)O. The number of morpholine rings is 1. The van der Waals surface area contributed by atoms with Gasteiger partial charge in [-0.3, -0.25) is 4.55 Å². The van der Waals surface area contributed by atoms with Crippen molar-refractivity contribution in [3.8, 4) is 23.0 Å². The smallest absolute Gasteiger partial charge is 0.397 e. The van der Waals surface area contributed by atoms with E-state index < -0.39 is 10.4 Å². The maximum absolute atomic E-state index is 9.67. The highest BCUT2D eigenvalue weighted by atomic mass is 32.3. The van der Waals surface area contributed by atoms with Crippen molar-refractivity contribution >= 4 is 10.4 Å². The molecule has 13 heteroatoms. The molecule has 2 fully saturated rings. The summed E-state index contributed by atoms with van der Waals surface area (Å²) in [6.45, 7) is 9.61. The van der Waals surface area contributed by atoms with Gasteiger partial charge in [0, 0.05) is 19.6 Å². The molecule has 39 heavy (non-hydrogen) atoms. The van der Waals surface area contributed by atoms with E-state index in [9.17, 15) is 8.42 Å². The van der Waals surface area contributed by atoms with Crippen molar-refractivity contribution in [2.75, 3.05) is 65.9 Å². The number of epoxide rings is 1. The largest absolute Gasteiger partial charge is 0.490 e. The van der Waals surface area contributed by atoms with Crippen LogP contribution in [0.4, 0.5) is 0 Å². The zero-order valence-electron chi connectivity index (χ0n) is 22.5. The van der Waals surface area contributed by atoms with Crippen molar-refractivity contribution in [2.45, 2.75) is 26.1 Å². The number of para-hydroxylation sites is 4. The Morgan fingerprint density at radius 1 is 0.872 bits per heavy atom. The van der Waals surface area contributed by atoms with Crippen molar-refractivity contribution in [1.29, 1.82) is 0 Å². The molecular formula is C26H40N2O10S. The van der Waals surface area contributed by atoms with E-state index in [1.54, 1.807) is 0 Å². The molecule has 2 unspecified atom stereocenters. The van der Waals surface area contributed by atoms with Crippen molar-refractivity contribution in [3.05, 3.63) is 48.5 Å². The third-order valence-corrected chi connectivity index (χ3v) is 5.37. The number of nitrogens with two attached hydrogens (primary N) is 1. The summed E-state index contributed by atoms with van der Waals surface area (Å²) in [5.74, 6) is 3.17. The minimum atomic E-state index is -4.27. The fraction of sp³-hybridized carbons (Fsp3) is 0.538. The van der Waals surface area contributed by atoms with Gasteiger partial charge in [0.05, 0.1) is 33.0 Å². The summed E-state index contributed by atoms with van der Waals surface area (Å²) in [4.78, 5) is 0. The lowest BCUT2D eigenvalue weighted by Crippen LogP contribution is -2.41. The highest BCUT2D eigenvalue weighted by Crippen LogP contribution is 2.27. The molecule has 2 saturated heterocycles. The number of rotatable bonds is 13. The van der Waals surface area contributed by atoms with Gasteiger partial charge in [-0.2, -0.15) is 8.42 Å². The van der Waals surface area contributed by atoms with Crippen LogP contribution in [0.15, 0.2) is 48.5 Å². The minimum absolute atomic E-state index is 0.0692. The lowest BCUT2D eigenvalue weighted by Gasteiger charge is -2.24. The number of ether oxygens (including phenoxy) is 6. The number of hydrogen-bond acceptors (Lipinski definition) is 11. The first-order valence-electron chi connectivity index (χ1n) is 12.8. The molecule has 0 aliphatic carbocycles. The molecule has 0 bridgehead atoms. The molecule has 4 rings (SSSR count). The molecule has 2 heterocycles. The van der Waals surface area contributed by atoms with Crippen LogP contribution in [0.2, 0.25) is 0 Å². The highest BCUT2D eigenvalue weighted by Gasteiger charge is 2.23. The number of benzene rings is 2. The summed E-state index contributed by atoms with van der Waals surface area (Å²) in [5.41, 5.74) is 4.84. The van der Waals surface area contributed by atoms with E-state index in [-0.39, 0.29) is 25.4 Å². The van der Waals surface area contributed by atoms with Crippen LogP contribution in [0.5, 0.6) is 23.0 Å². The maximum atomic E-state index is 9.67. The standard InChI is InChI=1S/C13H19NO3.C11H14O3.C2H7NO4S/c1-2-15-12-5-3-4-6-13(12)17-10-11-9-14-7-8-16-11;1-2-12-10-5-3-4-6-11(10)14-8-9-7-13-9;3-1-2-7-8(4,5)6/h3-6,11,14H,2,7-10H2,1H3;3-6,9H,2,7-8H2,1H3;1-3H2,(H,4,5,6). The van der Waals surface area contributed by atoms with Crippen LogP contribution in [0, 0.1) is 0 Å². The fourth-order valence-electron chi connectivity index (χ4n) is 3.10. The second-order valence-electron chi connectivity index (χ2n) is 8.07. The van der Waals surface area contributed by atoms with Crippen LogP contribution in [-0.4, -0.2) is 91.1 Å². The molecule has 0 saturated carbocycles. The summed E-state index contributed by atoms with van der Waals surface area (Å²) < 4.78 is 63.8. The second kappa shape index (κ2) is 18.6. The molecular weight excluding hydrogens is 532 g/mol. The predicted octanol–water partition coefficient (Wildman–Crippen LogP) is 2.08. The maximum Gasteiger partial charge on any atom is 0.397 e. The second-order valence-corrected chi connectivity index (χ2v) is 9.16. The van der Waals surface area contributed by atoms with E-state index >= 15 is 0 Å². The van der Waals surface area contributed by atoms with Gasteiger partial charge in [0.2, 0.25) is 0 Å². The molecule has 4 N–H and O–H groups in total. The zero-order valence-corrected chi connectivity index (χ0v) is 23.3. The summed E-state index contributed by atoms with van der Waals surface area (Å²) in [6.07, 6.45) is 0.406. The summed E-state index contributed by atoms with van der Waals surface area (Å²) in [7, 11) is -4.27. The van der Waals surface area contributed by atoms with E-state index in [1.165, 1.54) is 0 Å². The van der Waals surface area contributed by atoms with Crippen molar-refractivity contribution in [3.63, 3.8) is 0 Å². The molecule has 2 aliphatic heterocycles. The van der Waals surface area contributed by atoms with Crippen LogP contribution < -0.4 is 30.0 Å². The fourth-order valence-corrected chi connectivity index (χ4v) is 3.41. The van der Waals surface area contributed by atoms with Crippen LogP contribution in [0.1, 0.15) is 13.8 Å². The van der Waals surface area contributed by atoms with Gasteiger partial charge in [-0.05, 0) is 38.1 Å². The van der Waals surface area contributed by atoms with Crippen LogP contribution >= 0.6 is 0 Å². The van der Waals surface area contributed by atoms with Gasteiger partial charge in [0.1, 0.15) is 25.4 Å². The van der Waals surface area contributed by atoms with Gasteiger partial charge in [-0.1, -0.05) is 24.3 Å². The Kier molecular flexibility index (Phi) is 15.5. The first-order chi connectivity index (χ1) is 18.9. The third kappa shape index (κ3) is 14.9. The van der Waals surface area contributed by atoms with Crippen LogP contribution in [0.3, 0.4) is 0 Å². The average molecular weight is 573 g/mol. The molecule has 0 radical (unpaired) electrons. The Labute approximate surface area is 230 Å². The molecule has 12 nitrogen and oxygen atoms in total. The summed E-state index contributed by atoms with van der Waals surface area (Å²) in [5, 5.41) is 3.27. The topological polar surface area (TPSA) is 160 Å². The van der Waals surface area contributed by atoms with Crippen molar-refractivity contribution in [1.82, 2.24) is 5.32 Å². The first-order valence-corrected chi connectivity index (χ1v) is 14.2. The minimum Gasteiger partial charge on any atom is -0.490 e. The average Bonchev–Trinajstić information content (AvgIpc) is 3.77. The molecule has 2 atom stereocenters. The van der Waals surface area contributed by atoms with Gasteiger partial charge in [0.15, 0.2) is 23.0 Å². The molecule has 0 spiro atoms. The Morgan fingerprint density at radius 2 is 1.36 bits per heavy atom. The Morgan fingerprint density at radius 3 is 1.72 bits per heavy atom. The molecule has 2 aromatic rings. The lowest BCUT2D eigenvalue weighted by molar-refractivity contribution is -0.000350. The lowest BCUT2D eigenvalue weighted by atomic mass is 10.3. The molecule has 2 aliphatic rings. The monoisotopic (exact) mass is 572 g/mol. The summed E-state index contributed by atoms with van der Waals surface area (Å²) >= 11 is 0. The molecule has 0 amide bonds. The normalized spacial score (nSPS) is 17.9. The zero-order chi connectivity index (χ0) is 28.3. The number of hydrogen-bond donors (Lipinski definition) is 3. The molecule has 220 valence electrons. The molecule has 2 aromatic carbocycles. The van der Waals surface area contributed by atoms with E-state index in [4.69, 9.17) is 38.7 Å². The predicted molar refractivity (Wildman–Crippen MR) is 145 cm³/mol. The van der Waals surface area contributed by atoms with Crippen LogP contribution in [0.25, 0.3) is 0 Å². The van der Waals surface area contributed by atoms with E-state index in [0.717, 1.165) is 49.3 Å². The Bertz CT molecular complexity index is 1030. The van der Waals surface area contributed by atoms with Gasteiger partial charge in [-0.25, -0.2) is 4.18 Å². The van der Waals surface area contributed by atoms with Gasteiger partial charge < -0.3 is 39.5 Å².